The second-order valence-corrected chi connectivity index (χ2v) is 6.95. The summed E-state index contributed by atoms with van der Waals surface area (Å²) in [6, 6.07) is 4.02. The van der Waals surface area contributed by atoms with Gasteiger partial charge in [-0.2, -0.15) is 0 Å². The number of pyridine rings is 1. The van der Waals surface area contributed by atoms with Gasteiger partial charge in [-0.25, -0.2) is 0 Å². The van der Waals surface area contributed by atoms with Crippen LogP contribution in [0.4, 0.5) is 0 Å². The highest BCUT2D eigenvalue weighted by Crippen LogP contribution is 2.34. The van der Waals surface area contributed by atoms with Crippen molar-refractivity contribution in [2.45, 2.75) is 38.6 Å². The Labute approximate surface area is 142 Å². The van der Waals surface area contributed by atoms with Gasteiger partial charge < -0.3 is 14.2 Å². The first-order valence-corrected chi connectivity index (χ1v) is 9.14. The third-order valence-electron chi connectivity index (χ3n) is 5.12. The summed E-state index contributed by atoms with van der Waals surface area (Å²) in [7, 11) is 0. The molecular weight excluding hydrogens is 302 g/mol. The Morgan fingerprint density at radius 1 is 1.25 bits per heavy atom. The molecule has 0 atom stereocenters. The van der Waals surface area contributed by atoms with Crippen molar-refractivity contribution in [1.82, 2.24) is 14.5 Å². The standard InChI is InChI=1S/C19H25N3O2/c23-19(21-10-12-24-13-11-21)16-14-22(9-2-1-4-15-6-7-15)17-5-3-8-20-18(16)17/h3,5,8,14-15H,1-2,4,6-7,9-13H2. The van der Waals surface area contributed by atoms with Gasteiger partial charge in [0.25, 0.3) is 5.91 Å². The molecule has 4 rings (SSSR count). The van der Waals surface area contributed by atoms with Crippen molar-refractivity contribution >= 4 is 16.9 Å². The minimum Gasteiger partial charge on any atom is -0.378 e. The Bertz CT molecular complexity index is 714. The van der Waals surface area contributed by atoms with Crippen molar-refractivity contribution in [3.8, 4) is 0 Å². The van der Waals surface area contributed by atoms with Gasteiger partial charge in [0.15, 0.2) is 0 Å². The van der Waals surface area contributed by atoms with Crippen molar-refractivity contribution < 1.29 is 9.53 Å². The molecule has 0 aromatic carbocycles. The van der Waals surface area contributed by atoms with E-state index in [4.69, 9.17) is 4.74 Å². The van der Waals surface area contributed by atoms with Crippen LogP contribution in [0.15, 0.2) is 24.5 Å². The molecule has 2 fully saturated rings. The molecule has 5 heteroatoms. The van der Waals surface area contributed by atoms with Crippen LogP contribution < -0.4 is 0 Å². The Morgan fingerprint density at radius 3 is 2.88 bits per heavy atom. The van der Waals surface area contributed by atoms with E-state index in [2.05, 4.69) is 15.6 Å². The Morgan fingerprint density at radius 2 is 2.08 bits per heavy atom. The Balaban J connectivity index is 1.52. The van der Waals surface area contributed by atoms with Crippen LogP contribution in [0.1, 0.15) is 42.5 Å². The van der Waals surface area contributed by atoms with Crippen molar-refractivity contribution in [2.75, 3.05) is 26.3 Å². The fourth-order valence-corrected chi connectivity index (χ4v) is 3.52. The van der Waals surface area contributed by atoms with Gasteiger partial charge in [0, 0.05) is 32.0 Å². The molecule has 2 aromatic heterocycles. The number of aromatic nitrogens is 2. The van der Waals surface area contributed by atoms with Crippen molar-refractivity contribution in [1.29, 1.82) is 0 Å². The van der Waals surface area contributed by atoms with Gasteiger partial charge in [0.2, 0.25) is 0 Å². The number of morpholine rings is 1. The predicted molar refractivity (Wildman–Crippen MR) is 93.0 cm³/mol. The molecule has 0 radical (unpaired) electrons. The monoisotopic (exact) mass is 327 g/mol. The smallest absolute Gasteiger partial charge is 0.257 e. The van der Waals surface area contributed by atoms with Gasteiger partial charge in [-0.3, -0.25) is 9.78 Å². The third-order valence-corrected chi connectivity index (χ3v) is 5.12. The largest absolute Gasteiger partial charge is 0.378 e. The van der Waals surface area contributed by atoms with Gasteiger partial charge in [-0.15, -0.1) is 0 Å². The number of nitrogens with zero attached hydrogens (tertiary/aromatic N) is 3. The minimum atomic E-state index is 0.0822. The lowest BCUT2D eigenvalue weighted by molar-refractivity contribution is 0.0304. The van der Waals surface area contributed by atoms with Crippen molar-refractivity contribution in [3.05, 3.63) is 30.1 Å². The number of fused-ring (bicyclic) bond motifs is 1. The third kappa shape index (κ3) is 3.31. The highest BCUT2D eigenvalue weighted by atomic mass is 16.5. The minimum absolute atomic E-state index is 0.0822. The number of carbonyl (C=O) groups excluding carboxylic acids is 1. The van der Waals surface area contributed by atoms with Gasteiger partial charge in [0.1, 0.15) is 5.52 Å². The van der Waals surface area contributed by atoms with E-state index in [1.807, 2.05) is 17.2 Å². The maximum absolute atomic E-state index is 12.9. The molecule has 2 aromatic rings. The molecule has 24 heavy (non-hydrogen) atoms. The lowest BCUT2D eigenvalue weighted by atomic mass is 10.2. The molecule has 1 saturated carbocycles. The van der Waals surface area contributed by atoms with Gasteiger partial charge in [-0.05, 0) is 24.5 Å². The van der Waals surface area contributed by atoms with E-state index in [1.165, 1.54) is 32.1 Å². The van der Waals surface area contributed by atoms with E-state index in [1.54, 1.807) is 6.20 Å². The molecule has 1 amide bonds. The molecule has 1 aliphatic heterocycles. The zero-order valence-electron chi connectivity index (χ0n) is 14.1. The molecular formula is C19H25N3O2. The molecule has 128 valence electrons. The number of rotatable bonds is 6. The van der Waals surface area contributed by atoms with Crippen LogP contribution in [-0.4, -0.2) is 46.7 Å². The number of unbranched alkanes of at least 4 members (excludes halogenated alkanes) is 1. The fraction of sp³-hybridized carbons (Fsp3) is 0.579. The first-order valence-electron chi connectivity index (χ1n) is 9.14. The zero-order chi connectivity index (χ0) is 16.4. The summed E-state index contributed by atoms with van der Waals surface area (Å²) in [6.45, 7) is 3.54. The Kier molecular flexibility index (Phi) is 4.52. The summed E-state index contributed by atoms with van der Waals surface area (Å²) in [6.07, 6.45) is 10.4. The molecule has 0 bridgehead atoms. The van der Waals surface area contributed by atoms with Crippen molar-refractivity contribution in [2.24, 2.45) is 5.92 Å². The second-order valence-electron chi connectivity index (χ2n) is 6.95. The summed E-state index contributed by atoms with van der Waals surface area (Å²) in [5.41, 5.74) is 2.63. The highest BCUT2D eigenvalue weighted by Gasteiger charge is 2.23. The summed E-state index contributed by atoms with van der Waals surface area (Å²) in [5.74, 6) is 1.07. The van der Waals surface area contributed by atoms with E-state index in [0.29, 0.717) is 26.3 Å². The summed E-state index contributed by atoms with van der Waals surface area (Å²) < 4.78 is 7.56. The quantitative estimate of drug-likeness (QED) is 0.766. The van der Waals surface area contributed by atoms with Crippen LogP contribution in [0, 0.1) is 5.92 Å². The second kappa shape index (κ2) is 6.93. The van der Waals surface area contributed by atoms with Crippen LogP contribution in [-0.2, 0) is 11.3 Å². The maximum atomic E-state index is 12.9. The SMILES string of the molecule is O=C(c1cn(CCCCC2CC2)c2cccnc12)N1CCOCC1. The summed E-state index contributed by atoms with van der Waals surface area (Å²) >= 11 is 0. The Hall–Kier alpha value is -1.88. The molecule has 1 aliphatic carbocycles. The molecule has 3 heterocycles. The highest BCUT2D eigenvalue weighted by molar-refractivity contribution is 6.05. The molecule has 2 aliphatic rings. The summed E-state index contributed by atoms with van der Waals surface area (Å²) in [5, 5.41) is 0. The lowest BCUT2D eigenvalue weighted by Crippen LogP contribution is -2.40. The van der Waals surface area contributed by atoms with Gasteiger partial charge in [-0.1, -0.05) is 25.7 Å². The number of carbonyl (C=O) groups is 1. The average Bonchev–Trinajstić information content (AvgIpc) is 3.39. The average molecular weight is 327 g/mol. The number of aryl methyl sites for hydroxylation is 1. The van der Waals surface area contributed by atoms with Gasteiger partial charge >= 0.3 is 0 Å². The molecule has 1 saturated heterocycles. The normalized spacial score (nSPS) is 18.2. The van der Waals surface area contributed by atoms with Crippen LogP contribution >= 0.6 is 0 Å². The number of hydrogen-bond acceptors (Lipinski definition) is 3. The maximum Gasteiger partial charge on any atom is 0.257 e. The first kappa shape index (κ1) is 15.6. The predicted octanol–water partition coefficient (Wildman–Crippen LogP) is 3.09. The van der Waals surface area contributed by atoms with Crippen molar-refractivity contribution in [3.63, 3.8) is 0 Å². The number of amides is 1. The van der Waals surface area contributed by atoms with Crippen LogP contribution in [0.2, 0.25) is 0 Å². The van der Waals surface area contributed by atoms with E-state index >= 15 is 0 Å². The van der Waals surface area contributed by atoms with Crippen LogP contribution in [0.5, 0.6) is 0 Å². The number of ether oxygens (including phenoxy) is 1. The van der Waals surface area contributed by atoms with E-state index in [-0.39, 0.29) is 5.91 Å². The fourth-order valence-electron chi connectivity index (χ4n) is 3.52. The topological polar surface area (TPSA) is 47.4 Å². The zero-order valence-corrected chi connectivity index (χ0v) is 14.1. The van der Waals surface area contributed by atoms with Crippen LogP contribution in [0.25, 0.3) is 11.0 Å². The van der Waals surface area contributed by atoms with Gasteiger partial charge in [0.05, 0.1) is 24.3 Å². The summed E-state index contributed by atoms with van der Waals surface area (Å²) in [4.78, 5) is 19.2. The number of hydrogen-bond donors (Lipinski definition) is 0. The van der Waals surface area contributed by atoms with E-state index < -0.39 is 0 Å². The van der Waals surface area contributed by atoms with E-state index in [0.717, 1.165) is 29.1 Å². The molecule has 0 unspecified atom stereocenters. The molecule has 0 spiro atoms. The van der Waals surface area contributed by atoms with Crippen LogP contribution in [0.3, 0.4) is 0 Å². The molecule has 0 N–H and O–H groups in total. The lowest BCUT2D eigenvalue weighted by Gasteiger charge is -2.26. The first-order chi connectivity index (χ1) is 11.8. The molecule has 5 nitrogen and oxygen atoms in total. The van der Waals surface area contributed by atoms with E-state index in [9.17, 15) is 4.79 Å².